The van der Waals surface area contributed by atoms with Gasteiger partial charge in [0.1, 0.15) is 16.9 Å². The summed E-state index contributed by atoms with van der Waals surface area (Å²) in [6.07, 6.45) is 6.16. The third kappa shape index (κ3) is 3.34. The van der Waals surface area contributed by atoms with Gasteiger partial charge in [0, 0.05) is 10.4 Å². The van der Waals surface area contributed by atoms with E-state index in [2.05, 4.69) is 9.97 Å². The lowest BCUT2D eigenvalue weighted by Gasteiger charge is -2.12. The van der Waals surface area contributed by atoms with Gasteiger partial charge in [-0.3, -0.25) is 4.79 Å². The summed E-state index contributed by atoms with van der Waals surface area (Å²) in [6.45, 7) is 0.374. The number of aromatic nitrogens is 2. The van der Waals surface area contributed by atoms with Gasteiger partial charge in [-0.15, -0.1) is 11.3 Å². The highest BCUT2D eigenvalue weighted by Crippen LogP contribution is 2.40. The number of carbonyl (C=O) groups is 1. The number of thiophene rings is 1. The van der Waals surface area contributed by atoms with Crippen molar-refractivity contribution < 1.29 is 9.53 Å². The molecule has 2 aromatic heterocycles. The Morgan fingerprint density at radius 2 is 2.08 bits per heavy atom. The molecule has 4 rings (SSSR count). The van der Waals surface area contributed by atoms with E-state index < -0.39 is 0 Å². The van der Waals surface area contributed by atoms with Gasteiger partial charge >= 0.3 is 0 Å². The standard InChI is InChI=1S/C20H21N3O2S/c1-23(2)11-16(24)13-6-5-7-14(10-13)25-19-18-15-8-3-4-9-17(15)26-20(18)22-12-21-19/h5-7,10,12H,3-4,8-9,11H2,1-2H3. The number of carbonyl (C=O) groups excluding carboxylic acids is 1. The Hall–Kier alpha value is -2.31. The average Bonchev–Trinajstić information content (AvgIpc) is 3.01. The Kier molecular flexibility index (Phi) is 4.70. The van der Waals surface area contributed by atoms with Crippen LogP contribution in [-0.2, 0) is 12.8 Å². The van der Waals surface area contributed by atoms with E-state index in [-0.39, 0.29) is 5.78 Å². The fourth-order valence-corrected chi connectivity index (χ4v) is 4.58. The van der Waals surface area contributed by atoms with Crippen LogP contribution in [0.4, 0.5) is 0 Å². The number of benzene rings is 1. The van der Waals surface area contributed by atoms with Crippen molar-refractivity contribution in [3.8, 4) is 11.6 Å². The molecule has 3 aromatic rings. The van der Waals surface area contributed by atoms with Gasteiger partial charge in [0.05, 0.1) is 11.9 Å². The van der Waals surface area contributed by atoms with Gasteiger partial charge in [0.15, 0.2) is 5.78 Å². The molecule has 0 saturated heterocycles. The van der Waals surface area contributed by atoms with Gasteiger partial charge in [-0.05, 0) is 57.5 Å². The molecule has 0 N–H and O–H groups in total. The molecule has 1 aliphatic carbocycles. The summed E-state index contributed by atoms with van der Waals surface area (Å²) in [5.41, 5.74) is 1.99. The third-order valence-corrected chi connectivity index (χ3v) is 5.75. The maximum absolute atomic E-state index is 12.3. The second-order valence-corrected chi connectivity index (χ2v) is 7.94. The highest BCUT2D eigenvalue weighted by atomic mass is 32.1. The molecule has 0 spiro atoms. The van der Waals surface area contributed by atoms with E-state index in [1.807, 2.05) is 37.2 Å². The molecule has 1 aliphatic rings. The van der Waals surface area contributed by atoms with Crippen LogP contribution in [-0.4, -0.2) is 41.3 Å². The van der Waals surface area contributed by atoms with E-state index >= 15 is 0 Å². The fraction of sp³-hybridized carbons (Fsp3) is 0.350. The van der Waals surface area contributed by atoms with Crippen LogP contribution in [0.1, 0.15) is 33.6 Å². The van der Waals surface area contributed by atoms with Crippen LogP contribution in [0.3, 0.4) is 0 Å². The molecule has 6 heteroatoms. The quantitative estimate of drug-likeness (QED) is 0.635. The number of aryl methyl sites for hydroxylation is 2. The third-order valence-electron chi connectivity index (χ3n) is 4.55. The first-order chi connectivity index (χ1) is 12.6. The van der Waals surface area contributed by atoms with Crippen molar-refractivity contribution in [2.45, 2.75) is 25.7 Å². The topological polar surface area (TPSA) is 55.3 Å². The maximum atomic E-state index is 12.3. The maximum Gasteiger partial charge on any atom is 0.231 e. The van der Waals surface area contributed by atoms with E-state index in [9.17, 15) is 4.79 Å². The smallest absolute Gasteiger partial charge is 0.231 e. The van der Waals surface area contributed by atoms with Crippen molar-refractivity contribution in [3.05, 3.63) is 46.6 Å². The Balaban J connectivity index is 1.68. The zero-order valence-corrected chi connectivity index (χ0v) is 15.8. The van der Waals surface area contributed by atoms with Gasteiger partial charge in [0.25, 0.3) is 0 Å². The summed E-state index contributed by atoms with van der Waals surface area (Å²) < 4.78 is 6.10. The first kappa shape index (κ1) is 17.1. The molecule has 0 unspecified atom stereocenters. The molecular formula is C20H21N3O2S. The van der Waals surface area contributed by atoms with E-state index in [1.165, 1.54) is 23.3 Å². The van der Waals surface area contributed by atoms with Gasteiger partial charge in [-0.1, -0.05) is 12.1 Å². The second-order valence-electron chi connectivity index (χ2n) is 6.86. The van der Waals surface area contributed by atoms with E-state index in [0.29, 0.717) is 23.7 Å². The van der Waals surface area contributed by atoms with Crippen LogP contribution >= 0.6 is 11.3 Å². The second kappa shape index (κ2) is 7.13. The lowest BCUT2D eigenvalue weighted by molar-refractivity contribution is 0.0957. The fourth-order valence-electron chi connectivity index (χ4n) is 3.36. The predicted molar refractivity (Wildman–Crippen MR) is 103 cm³/mol. The SMILES string of the molecule is CN(C)CC(=O)c1cccc(Oc2ncnc3sc4c(c23)CCCC4)c1. The molecule has 0 radical (unpaired) electrons. The molecule has 26 heavy (non-hydrogen) atoms. The largest absolute Gasteiger partial charge is 0.438 e. The van der Waals surface area contributed by atoms with Gasteiger partial charge in [-0.25, -0.2) is 9.97 Å². The molecule has 0 saturated carbocycles. The minimum atomic E-state index is 0.0706. The first-order valence-corrected chi connectivity index (χ1v) is 9.64. The highest BCUT2D eigenvalue weighted by Gasteiger charge is 2.21. The number of ketones is 1. The van der Waals surface area contributed by atoms with Crippen molar-refractivity contribution in [1.29, 1.82) is 0 Å². The Bertz CT molecular complexity index is 965. The molecule has 5 nitrogen and oxygen atoms in total. The summed E-state index contributed by atoms with van der Waals surface area (Å²) in [4.78, 5) is 25.4. The first-order valence-electron chi connectivity index (χ1n) is 8.83. The molecule has 0 fully saturated rings. The number of fused-ring (bicyclic) bond motifs is 3. The van der Waals surface area contributed by atoms with E-state index in [1.54, 1.807) is 23.7 Å². The molecule has 1 aromatic carbocycles. The van der Waals surface area contributed by atoms with E-state index in [4.69, 9.17) is 4.74 Å². The van der Waals surface area contributed by atoms with Crippen LogP contribution in [0.25, 0.3) is 10.2 Å². The highest BCUT2D eigenvalue weighted by molar-refractivity contribution is 7.18. The Morgan fingerprint density at radius 1 is 1.23 bits per heavy atom. The molecular weight excluding hydrogens is 346 g/mol. The summed E-state index contributed by atoms with van der Waals surface area (Å²) in [7, 11) is 3.77. The van der Waals surface area contributed by atoms with Crippen molar-refractivity contribution in [2.75, 3.05) is 20.6 Å². The summed E-state index contributed by atoms with van der Waals surface area (Å²) in [5.74, 6) is 1.29. The summed E-state index contributed by atoms with van der Waals surface area (Å²) in [5, 5.41) is 1.04. The number of hydrogen-bond acceptors (Lipinski definition) is 6. The summed E-state index contributed by atoms with van der Waals surface area (Å²) in [6, 6.07) is 7.32. The average molecular weight is 367 g/mol. The lowest BCUT2D eigenvalue weighted by Crippen LogP contribution is -2.21. The Morgan fingerprint density at radius 3 is 2.92 bits per heavy atom. The van der Waals surface area contributed by atoms with Crippen LogP contribution in [0.2, 0.25) is 0 Å². The zero-order valence-electron chi connectivity index (χ0n) is 15.0. The molecule has 134 valence electrons. The monoisotopic (exact) mass is 367 g/mol. The zero-order chi connectivity index (χ0) is 18.1. The van der Waals surface area contributed by atoms with Crippen LogP contribution in [0.5, 0.6) is 11.6 Å². The van der Waals surface area contributed by atoms with Crippen molar-refractivity contribution in [3.63, 3.8) is 0 Å². The lowest BCUT2D eigenvalue weighted by atomic mass is 9.97. The molecule has 0 bridgehead atoms. The van der Waals surface area contributed by atoms with E-state index in [0.717, 1.165) is 23.1 Å². The normalized spacial score (nSPS) is 13.8. The van der Waals surface area contributed by atoms with Gasteiger partial charge < -0.3 is 9.64 Å². The number of ether oxygens (including phenoxy) is 1. The van der Waals surface area contributed by atoms with Crippen molar-refractivity contribution in [2.24, 2.45) is 0 Å². The van der Waals surface area contributed by atoms with Gasteiger partial charge in [0.2, 0.25) is 5.88 Å². The molecule has 0 aliphatic heterocycles. The molecule has 2 heterocycles. The number of Topliss-reactive ketones (excluding diaryl/α,β-unsaturated/α-hetero) is 1. The van der Waals surface area contributed by atoms with Crippen LogP contribution < -0.4 is 4.74 Å². The van der Waals surface area contributed by atoms with Crippen LogP contribution in [0.15, 0.2) is 30.6 Å². The van der Waals surface area contributed by atoms with Crippen molar-refractivity contribution >= 4 is 27.3 Å². The van der Waals surface area contributed by atoms with Crippen molar-refractivity contribution in [1.82, 2.24) is 14.9 Å². The molecule has 0 atom stereocenters. The minimum absolute atomic E-state index is 0.0706. The number of rotatable bonds is 5. The predicted octanol–water partition coefficient (Wildman–Crippen LogP) is 4.11. The van der Waals surface area contributed by atoms with Gasteiger partial charge in [-0.2, -0.15) is 0 Å². The number of hydrogen-bond donors (Lipinski definition) is 0. The Labute approximate surface area is 156 Å². The summed E-state index contributed by atoms with van der Waals surface area (Å²) >= 11 is 1.75. The number of likely N-dealkylation sites (N-methyl/N-ethyl adjacent to an activating group) is 1. The molecule has 0 amide bonds. The van der Waals surface area contributed by atoms with Crippen LogP contribution in [0, 0.1) is 0 Å². The number of nitrogens with zero attached hydrogens (tertiary/aromatic N) is 3. The minimum Gasteiger partial charge on any atom is -0.438 e.